The average molecular weight is 422 g/mol. The molecule has 1 aromatic carbocycles. The summed E-state index contributed by atoms with van der Waals surface area (Å²) in [7, 11) is 0. The zero-order chi connectivity index (χ0) is 22.1. The van der Waals surface area contributed by atoms with Crippen molar-refractivity contribution >= 4 is 28.0 Å². The Morgan fingerprint density at radius 3 is 2.71 bits per heavy atom. The number of H-pyrrole nitrogens is 1. The van der Waals surface area contributed by atoms with Gasteiger partial charge in [0.1, 0.15) is 0 Å². The number of ether oxygens (including phenoxy) is 1. The van der Waals surface area contributed by atoms with Crippen LogP contribution in [0.5, 0.6) is 0 Å². The zero-order valence-electron chi connectivity index (χ0n) is 18.3. The lowest BCUT2D eigenvalue weighted by Crippen LogP contribution is -2.18. The molecule has 0 radical (unpaired) electrons. The van der Waals surface area contributed by atoms with E-state index in [2.05, 4.69) is 10.1 Å². The first-order valence-corrected chi connectivity index (χ1v) is 10.6. The lowest BCUT2D eigenvalue weighted by Gasteiger charge is -2.12. The highest BCUT2D eigenvalue weighted by molar-refractivity contribution is 6.02. The molecule has 0 fully saturated rings. The molecular formula is C23H27N5O3. The molecule has 4 aromatic rings. The molecule has 3 heterocycles. The van der Waals surface area contributed by atoms with Crippen molar-refractivity contribution in [3.05, 3.63) is 58.3 Å². The van der Waals surface area contributed by atoms with Crippen LogP contribution in [0.3, 0.4) is 0 Å². The summed E-state index contributed by atoms with van der Waals surface area (Å²) < 4.78 is 9.05. The van der Waals surface area contributed by atoms with Gasteiger partial charge in [-0.2, -0.15) is 5.10 Å². The van der Waals surface area contributed by atoms with Crippen LogP contribution in [0.4, 0.5) is 0 Å². The number of fused-ring (bicyclic) bond motifs is 2. The Morgan fingerprint density at radius 2 is 1.97 bits per heavy atom. The van der Waals surface area contributed by atoms with Crippen molar-refractivity contribution in [2.45, 2.75) is 52.6 Å². The third-order valence-electron chi connectivity index (χ3n) is 5.33. The molecule has 0 saturated carbocycles. The standard InChI is InChI=1S/C23H27N5O3/c1-14(2)19-12-16(17-13-24-28(15(3)4)21(17)25-19)22(29)31-11-7-10-27-20-9-6-5-8-18(20)26-23(27)30/h5-6,8-9,12-15H,7,10-11H2,1-4H3,(H,26,30). The molecule has 4 rings (SSSR count). The largest absolute Gasteiger partial charge is 0.462 e. The van der Waals surface area contributed by atoms with Gasteiger partial charge in [-0.3, -0.25) is 4.57 Å². The van der Waals surface area contributed by atoms with E-state index in [0.29, 0.717) is 29.6 Å². The molecule has 0 bridgehead atoms. The van der Waals surface area contributed by atoms with Gasteiger partial charge in [0.25, 0.3) is 0 Å². The normalized spacial score (nSPS) is 11.8. The molecule has 0 atom stereocenters. The second-order valence-electron chi connectivity index (χ2n) is 8.26. The Hall–Kier alpha value is -3.42. The Kier molecular flexibility index (Phi) is 5.63. The molecule has 0 amide bonds. The van der Waals surface area contributed by atoms with Gasteiger partial charge in [-0.05, 0) is 44.4 Å². The van der Waals surface area contributed by atoms with Crippen LogP contribution < -0.4 is 5.69 Å². The van der Waals surface area contributed by atoms with Crippen LogP contribution in [-0.2, 0) is 11.3 Å². The van der Waals surface area contributed by atoms with E-state index in [1.807, 2.05) is 56.6 Å². The summed E-state index contributed by atoms with van der Waals surface area (Å²) in [4.78, 5) is 32.6. The van der Waals surface area contributed by atoms with E-state index >= 15 is 0 Å². The molecule has 0 unspecified atom stereocenters. The maximum absolute atomic E-state index is 12.9. The summed E-state index contributed by atoms with van der Waals surface area (Å²) >= 11 is 0. The minimum Gasteiger partial charge on any atom is -0.462 e. The summed E-state index contributed by atoms with van der Waals surface area (Å²) in [5, 5.41) is 5.10. The summed E-state index contributed by atoms with van der Waals surface area (Å²) in [5.41, 5.74) is 3.48. The van der Waals surface area contributed by atoms with E-state index in [0.717, 1.165) is 16.7 Å². The van der Waals surface area contributed by atoms with Gasteiger partial charge < -0.3 is 9.72 Å². The van der Waals surface area contributed by atoms with Gasteiger partial charge in [-0.15, -0.1) is 0 Å². The second-order valence-corrected chi connectivity index (χ2v) is 8.26. The number of rotatable bonds is 7. The number of para-hydroxylation sites is 2. The molecular weight excluding hydrogens is 394 g/mol. The molecule has 8 heteroatoms. The fourth-order valence-electron chi connectivity index (χ4n) is 3.67. The third kappa shape index (κ3) is 3.97. The van der Waals surface area contributed by atoms with Crippen LogP contribution in [0.2, 0.25) is 0 Å². The number of aryl methyl sites for hydroxylation is 1. The van der Waals surface area contributed by atoms with Gasteiger partial charge in [-0.25, -0.2) is 19.3 Å². The molecule has 3 aromatic heterocycles. The predicted octanol–water partition coefficient (Wildman–Crippen LogP) is 4.03. The van der Waals surface area contributed by atoms with Crippen molar-refractivity contribution < 1.29 is 9.53 Å². The SMILES string of the molecule is CC(C)c1cc(C(=O)OCCCn2c(=O)[nH]c3ccccc32)c2cnn(C(C)C)c2n1. The van der Waals surface area contributed by atoms with Crippen LogP contribution in [0.1, 0.15) is 62.1 Å². The van der Waals surface area contributed by atoms with E-state index < -0.39 is 5.97 Å². The van der Waals surface area contributed by atoms with Crippen LogP contribution in [-0.4, -0.2) is 36.9 Å². The highest BCUT2D eigenvalue weighted by atomic mass is 16.5. The van der Waals surface area contributed by atoms with Crippen LogP contribution in [0.15, 0.2) is 41.3 Å². The maximum atomic E-state index is 12.9. The van der Waals surface area contributed by atoms with Crippen molar-refractivity contribution in [2.24, 2.45) is 0 Å². The fourth-order valence-corrected chi connectivity index (χ4v) is 3.67. The number of aromatic nitrogens is 5. The summed E-state index contributed by atoms with van der Waals surface area (Å²) in [6.45, 7) is 8.81. The lowest BCUT2D eigenvalue weighted by molar-refractivity contribution is 0.0498. The third-order valence-corrected chi connectivity index (χ3v) is 5.33. The van der Waals surface area contributed by atoms with Crippen LogP contribution in [0.25, 0.3) is 22.1 Å². The van der Waals surface area contributed by atoms with E-state index in [-0.39, 0.29) is 24.3 Å². The molecule has 0 aliphatic heterocycles. The first-order valence-electron chi connectivity index (χ1n) is 10.6. The van der Waals surface area contributed by atoms with E-state index in [9.17, 15) is 9.59 Å². The summed E-state index contributed by atoms with van der Waals surface area (Å²) in [6.07, 6.45) is 2.21. The topological polar surface area (TPSA) is 94.8 Å². The van der Waals surface area contributed by atoms with Gasteiger partial charge in [0.2, 0.25) is 0 Å². The average Bonchev–Trinajstić information content (AvgIpc) is 3.31. The van der Waals surface area contributed by atoms with E-state index in [4.69, 9.17) is 9.72 Å². The fraction of sp³-hybridized carbons (Fsp3) is 0.391. The quantitative estimate of drug-likeness (QED) is 0.359. The zero-order valence-corrected chi connectivity index (χ0v) is 18.3. The number of hydrogen-bond acceptors (Lipinski definition) is 5. The Bertz CT molecular complexity index is 1300. The van der Waals surface area contributed by atoms with Gasteiger partial charge in [0, 0.05) is 18.3 Å². The van der Waals surface area contributed by atoms with Crippen molar-refractivity contribution in [1.29, 1.82) is 0 Å². The molecule has 8 nitrogen and oxygen atoms in total. The maximum Gasteiger partial charge on any atom is 0.339 e. The Morgan fingerprint density at radius 1 is 1.19 bits per heavy atom. The molecule has 1 N–H and O–H groups in total. The minimum absolute atomic E-state index is 0.130. The summed E-state index contributed by atoms with van der Waals surface area (Å²) in [5.74, 6) is -0.232. The van der Waals surface area contributed by atoms with Crippen molar-refractivity contribution in [3.63, 3.8) is 0 Å². The van der Waals surface area contributed by atoms with Gasteiger partial charge in [-0.1, -0.05) is 26.0 Å². The highest BCUT2D eigenvalue weighted by Crippen LogP contribution is 2.25. The summed E-state index contributed by atoms with van der Waals surface area (Å²) in [6, 6.07) is 9.47. The number of pyridine rings is 1. The van der Waals surface area contributed by atoms with E-state index in [1.54, 1.807) is 16.8 Å². The van der Waals surface area contributed by atoms with Crippen molar-refractivity contribution in [3.8, 4) is 0 Å². The van der Waals surface area contributed by atoms with E-state index in [1.165, 1.54) is 0 Å². The number of aromatic amines is 1. The molecule has 0 aliphatic carbocycles. The smallest absolute Gasteiger partial charge is 0.339 e. The first kappa shape index (κ1) is 20.8. The molecule has 0 spiro atoms. The Labute approximate surface area is 179 Å². The van der Waals surface area contributed by atoms with Crippen LogP contribution >= 0.6 is 0 Å². The number of hydrogen-bond donors (Lipinski definition) is 1. The number of esters is 1. The number of carbonyl (C=O) groups excluding carboxylic acids is 1. The van der Waals surface area contributed by atoms with Gasteiger partial charge >= 0.3 is 11.7 Å². The minimum atomic E-state index is -0.399. The van der Waals surface area contributed by atoms with Gasteiger partial charge in [0.05, 0.1) is 34.8 Å². The number of nitrogens with zero attached hydrogens (tertiary/aromatic N) is 4. The highest BCUT2D eigenvalue weighted by Gasteiger charge is 2.20. The first-order chi connectivity index (χ1) is 14.9. The molecule has 31 heavy (non-hydrogen) atoms. The molecule has 0 aliphatic rings. The number of imidazole rings is 1. The number of nitrogens with one attached hydrogen (secondary N) is 1. The van der Waals surface area contributed by atoms with Crippen molar-refractivity contribution in [2.75, 3.05) is 6.61 Å². The van der Waals surface area contributed by atoms with Crippen molar-refractivity contribution in [1.82, 2.24) is 24.3 Å². The van der Waals surface area contributed by atoms with Gasteiger partial charge in [0.15, 0.2) is 5.65 Å². The molecule has 162 valence electrons. The number of carbonyl (C=O) groups is 1. The monoisotopic (exact) mass is 421 g/mol. The second kappa shape index (κ2) is 8.37. The lowest BCUT2D eigenvalue weighted by atomic mass is 10.1. The number of benzene rings is 1. The molecule has 0 saturated heterocycles. The van der Waals surface area contributed by atoms with Crippen LogP contribution in [0, 0.1) is 0 Å². The predicted molar refractivity (Wildman–Crippen MR) is 119 cm³/mol. The Balaban J connectivity index is 1.51.